The fourth-order valence-electron chi connectivity index (χ4n) is 2.12. The number of rotatable bonds is 5. The molecule has 2 aromatic rings. The lowest BCUT2D eigenvalue weighted by atomic mass is 9.98. The first kappa shape index (κ1) is 16.6. The second-order valence-electron chi connectivity index (χ2n) is 4.47. The van der Waals surface area contributed by atoms with Crippen molar-refractivity contribution in [2.75, 3.05) is 7.11 Å². The minimum Gasteiger partial charge on any atom is -0.481 e. The van der Waals surface area contributed by atoms with Crippen LogP contribution in [-0.2, 0) is 11.2 Å². The summed E-state index contributed by atoms with van der Waals surface area (Å²) in [4.78, 5) is 14.9. The topological polar surface area (TPSA) is 68.7 Å². The molecule has 1 aromatic heterocycles. The molecule has 0 amide bonds. The minimum atomic E-state index is -4.88. The van der Waals surface area contributed by atoms with Gasteiger partial charge in [-0.1, -0.05) is 18.2 Å². The van der Waals surface area contributed by atoms with Crippen LogP contribution in [0.3, 0.4) is 0 Å². The van der Waals surface area contributed by atoms with Gasteiger partial charge in [0.1, 0.15) is 5.75 Å². The van der Waals surface area contributed by atoms with Crippen molar-refractivity contribution in [2.45, 2.75) is 12.8 Å². The second kappa shape index (κ2) is 6.55. The first-order valence-electron chi connectivity index (χ1n) is 6.40. The molecule has 1 aromatic carbocycles. The number of methoxy groups -OCH3 is 1. The molecule has 0 spiro atoms. The van der Waals surface area contributed by atoms with Gasteiger partial charge in [0.05, 0.1) is 19.1 Å². The summed E-state index contributed by atoms with van der Waals surface area (Å²) in [6.07, 6.45) is -3.94. The van der Waals surface area contributed by atoms with E-state index in [1.54, 1.807) is 0 Å². The van der Waals surface area contributed by atoms with E-state index < -0.39 is 24.5 Å². The van der Waals surface area contributed by atoms with Gasteiger partial charge in [0.25, 0.3) is 0 Å². The summed E-state index contributed by atoms with van der Waals surface area (Å²) in [6.45, 7) is 0. The van der Waals surface area contributed by atoms with E-state index in [1.807, 2.05) is 0 Å². The van der Waals surface area contributed by atoms with Crippen LogP contribution in [0.1, 0.15) is 5.56 Å². The molecule has 8 heteroatoms. The quantitative estimate of drug-likeness (QED) is 0.913. The zero-order valence-corrected chi connectivity index (χ0v) is 11.9. The Bertz CT molecular complexity index is 716. The monoisotopic (exact) mass is 327 g/mol. The van der Waals surface area contributed by atoms with E-state index in [2.05, 4.69) is 9.72 Å². The van der Waals surface area contributed by atoms with Gasteiger partial charge in [0, 0.05) is 11.8 Å². The number of carbonyl (C=O) groups is 1. The first-order valence-corrected chi connectivity index (χ1v) is 6.40. The molecule has 23 heavy (non-hydrogen) atoms. The second-order valence-corrected chi connectivity index (χ2v) is 4.47. The number of benzene rings is 1. The maximum absolute atomic E-state index is 12.6. The molecule has 0 aliphatic carbocycles. The van der Waals surface area contributed by atoms with Crippen molar-refractivity contribution >= 4 is 5.97 Å². The SMILES string of the molecule is COc1nccc(CC(=O)O)c1-c1ccccc1OC(F)(F)F. The number of hydrogen-bond acceptors (Lipinski definition) is 4. The van der Waals surface area contributed by atoms with E-state index in [1.165, 1.54) is 37.6 Å². The van der Waals surface area contributed by atoms with Gasteiger partial charge in [-0.05, 0) is 17.7 Å². The predicted molar refractivity (Wildman–Crippen MR) is 74.2 cm³/mol. The molecule has 0 saturated carbocycles. The van der Waals surface area contributed by atoms with Crippen molar-refractivity contribution in [1.82, 2.24) is 4.98 Å². The zero-order chi connectivity index (χ0) is 17.0. The van der Waals surface area contributed by atoms with Gasteiger partial charge in [-0.15, -0.1) is 13.2 Å². The number of nitrogens with zero attached hydrogens (tertiary/aromatic N) is 1. The maximum atomic E-state index is 12.6. The van der Waals surface area contributed by atoms with E-state index in [9.17, 15) is 18.0 Å². The van der Waals surface area contributed by atoms with E-state index in [0.29, 0.717) is 0 Å². The van der Waals surface area contributed by atoms with Crippen molar-refractivity contribution in [1.29, 1.82) is 0 Å². The van der Waals surface area contributed by atoms with E-state index in [0.717, 1.165) is 6.07 Å². The summed E-state index contributed by atoms with van der Waals surface area (Å²) >= 11 is 0. The molecule has 1 heterocycles. The maximum Gasteiger partial charge on any atom is 0.573 e. The molecule has 1 N–H and O–H groups in total. The number of carboxylic acids is 1. The highest BCUT2D eigenvalue weighted by molar-refractivity contribution is 5.81. The number of hydrogen-bond donors (Lipinski definition) is 1. The smallest absolute Gasteiger partial charge is 0.481 e. The highest BCUT2D eigenvalue weighted by Gasteiger charge is 2.33. The largest absolute Gasteiger partial charge is 0.573 e. The van der Waals surface area contributed by atoms with Gasteiger partial charge in [0.2, 0.25) is 5.88 Å². The van der Waals surface area contributed by atoms with Crippen molar-refractivity contribution in [3.63, 3.8) is 0 Å². The van der Waals surface area contributed by atoms with Crippen molar-refractivity contribution in [3.05, 3.63) is 42.1 Å². The summed E-state index contributed by atoms with van der Waals surface area (Å²) in [6, 6.07) is 6.82. The van der Waals surface area contributed by atoms with Crippen LogP contribution < -0.4 is 9.47 Å². The Morgan fingerprint density at radius 1 is 1.26 bits per heavy atom. The van der Waals surface area contributed by atoms with Gasteiger partial charge in [-0.3, -0.25) is 4.79 Å². The van der Waals surface area contributed by atoms with Crippen molar-refractivity contribution in [2.24, 2.45) is 0 Å². The number of aromatic nitrogens is 1. The Balaban J connectivity index is 2.64. The first-order chi connectivity index (χ1) is 10.8. The lowest BCUT2D eigenvalue weighted by molar-refractivity contribution is -0.274. The van der Waals surface area contributed by atoms with Crippen LogP contribution >= 0.6 is 0 Å². The Morgan fingerprint density at radius 3 is 2.57 bits per heavy atom. The third-order valence-corrected chi connectivity index (χ3v) is 2.92. The molecular weight excluding hydrogens is 315 g/mol. The van der Waals surface area contributed by atoms with Gasteiger partial charge in [-0.2, -0.15) is 0 Å². The fraction of sp³-hybridized carbons (Fsp3) is 0.200. The Labute approximate surface area is 129 Å². The number of aliphatic carboxylic acids is 1. The fourth-order valence-corrected chi connectivity index (χ4v) is 2.12. The highest BCUT2D eigenvalue weighted by atomic mass is 19.4. The number of ether oxygens (including phenoxy) is 2. The van der Waals surface area contributed by atoms with Crippen LogP contribution in [0.4, 0.5) is 13.2 Å². The number of alkyl halides is 3. The summed E-state index contributed by atoms with van der Waals surface area (Å²) in [5, 5.41) is 8.99. The number of pyridine rings is 1. The van der Waals surface area contributed by atoms with Gasteiger partial charge < -0.3 is 14.6 Å². The van der Waals surface area contributed by atoms with Crippen LogP contribution in [0.5, 0.6) is 11.6 Å². The average molecular weight is 327 g/mol. The molecule has 0 aliphatic heterocycles. The van der Waals surface area contributed by atoms with Gasteiger partial charge >= 0.3 is 12.3 Å². The van der Waals surface area contributed by atoms with E-state index >= 15 is 0 Å². The molecule has 2 rings (SSSR count). The van der Waals surface area contributed by atoms with Gasteiger partial charge in [0.15, 0.2) is 0 Å². The summed E-state index contributed by atoms with van der Waals surface area (Å²) in [7, 11) is 1.30. The van der Waals surface area contributed by atoms with Crippen molar-refractivity contribution < 1.29 is 32.5 Å². The van der Waals surface area contributed by atoms with Gasteiger partial charge in [-0.25, -0.2) is 4.98 Å². The zero-order valence-electron chi connectivity index (χ0n) is 11.9. The third-order valence-electron chi connectivity index (χ3n) is 2.92. The highest BCUT2D eigenvalue weighted by Crippen LogP contribution is 2.39. The molecule has 0 unspecified atom stereocenters. The Hall–Kier alpha value is -2.77. The number of carboxylic acid groups (broad SMARTS) is 1. The lowest BCUT2D eigenvalue weighted by Gasteiger charge is -2.17. The summed E-state index contributed by atoms with van der Waals surface area (Å²) in [5.74, 6) is -1.58. The predicted octanol–water partition coefficient (Wildman–Crippen LogP) is 3.28. The number of para-hydroxylation sites is 1. The van der Waals surface area contributed by atoms with Crippen molar-refractivity contribution in [3.8, 4) is 22.8 Å². The molecule has 0 fully saturated rings. The van der Waals surface area contributed by atoms with Crippen LogP contribution in [0.2, 0.25) is 0 Å². The lowest BCUT2D eigenvalue weighted by Crippen LogP contribution is -2.17. The Kier molecular flexibility index (Phi) is 4.73. The third kappa shape index (κ3) is 4.12. The Morgan fingerprint density at radius 2 is 1.96 bits per heavy atom. The normalized spacial score (nSPS) is 11.1. The minimum absolute atomic E-state index is 0.0157. The van der Waals surface area contributed by atoms with Crippen LogP contribution in [-0.4, -0.2) is 29.5 Å². The summed E-state index contributed by atoms with van der Waals surface area (Å²) < 4.78 is 46.8. The van der Waals surface area contributed by atoms with E-state index in [4.69, 9.17) is 9.84 Å². The van der Waals surface area contributed by atoms with Crippen LogP contribution in [0.25, 0.3) is 11.1 Å². The van der Waals surface area contributed by atoms with Crippen LogP contribution in [0, 0.1) is 0 Å². The molecule has 5 nitrogen and oxygen atoms in total. The molecule has 0 aliphatic rings. The standard InChI is InChI=1S/C15H12F3NO4/c1-22-14-13(9(6-7-19-14)8-12(20)21)10-4-2-3-5-11(10)23-15(16,17)18/h2-7H,8H2,1H3,(H,20,21). The molecule has 0 saturated heterocycles. The summed E-state index contributed by atoms with van der Waals surface area (Å²) in [5.41, 5.74) is 0.464. The molecule has 122 valence electrons. The molecule has 0 bridgehead atoms. The van der Waals surface area contributed by atoms with E-state index in [-0.39, 0.29) is 22.6 Å². The average Bonchev–Trinajstić information content (AvgIpc) is 2.45. The molecule has 0 atom stereocenters. The number of halogens is 3. The molecule has 0 radical (unpaired) electrons. The molecular formula is C15H12F3NO4. The van der Waals surface area contributed by atoms with Crippen LogP contribution in [0.15, 0.2) is 36.5 Å².